The fourth-order valence-corrected chi connectivity index (χ4v) is 6.16. The van der Waals surface area contributed by atoms with Crippen LogP contribution >= 0.6 is 11.3 Å². The van der Waals surface area contributed by atoms with E-state index in [2.05, 4.69) is 26.1 Å². The number of hydrogen-bond donors (Lipinski definition) is 1. The van der Waals surface area contributed by atoms with Gasteiger partial charge in [0, 0.05) is 16.7 Å². The molecule has 0 radical (unpaired) electrons. The molecule has 0 spiro atoms. The molecule has 0 bridgehead atoms. The van der Waals surface area contributed by atoms with Crippen molar-refractivity contribution in [2.75, 3.05) is 0 Å². The summed E-state index contributed by atoms with van der Waals surface area (Å²) in [5, 5.41) is 3.79. The van der Waals surface area contributed by atoms with Crippen LogP contribution in [-0.4, -0.2) is 12.1 Å². The van der Waals surface area contributed by atoms with Gasteiger partial charge in [0.1, 0.15) is 23.1 Å². The van der Waals surface area contributed by atoms with Gasteiger partial charge in [0.05, 0.1) is 18.4 Å². The average molecular weight is 527 g/mol. The molecule has 0 saturated carbocycles. The van der Waals surface area contributed by atoms with Gasteiger partial charge in [-0.15, -0.1) is 11.3 Å². The second-order valence-corrected chi connectivity index (χ2v) is 11.9. The quantitative estimate of drug-likeness (QED) is 0.239. The molecule has 4 aromatic rings. The molecule has 6 heteroatoms. The average Bonchev–Trinajstić information content (AvgIpc) is 3.57. The van der Waals surface area contributed by atoms with Crippen molar-refractivity contribution in [3.05, 3.63) is 106 Å². The first-order chi connectivity index (χ1) is 18.4. The number of furan rings is 1. The zero-order chi connectivity index (χ0) is 26.5. The Morgan fingerprint density at radius 2 is 1.89 bits per heavy atom. The molecule has 0 saturated heterocycles. The van der Waals surface area contributed by atoms with Crippen molar-refractivity contribution in [1.82, 2.24) is 5.32 Å². The topological polar surface area (TPSA) is 63.8 Å². The van der Waals surface area contributed by atoms with Crippen LogP contribution in [0.2, 0.25) is 0 Å². The van der Waals surface area contributed by atoms with E-state index in [4.69, 9.17) is 14.1 Å². The van der Waals surface area contributed by atoms with Crippen molar-refractivity contribution in [3.8, 4) is 5.75 Å². The third-order valence-electron chi connectivity index (χ3n) is 7.18. The highest BCUT2D eigenvalue weighted by Crippen LogP contribution is 2.45. The molecule has 2 heterocycles. The Hall–Kier alpha value is -3.64. The molecule has 1 N–H and O–H groups in total. The summed E-state index contributed by atoms with van der Waals surface area (Å²) in [7, 11) is 0. The summed E-state index contributed by atoms with van der Waals surface area (Å²) in [6.45, 7) is 7.74. The predicted molar refractivity (Wildman–Crippen MR) is 154 cm³/mol. The van der Waals surface area contributed by atoms with Crippen LogP contribution in [0, 0.1) is 11.3 Å². The Kier molecular flexibility index (Phi) is 7.79. The summed E-state index contributed by atoms with van der Waals surface area (Å²) >= 11 is 1.65. The SMILES string of the molecule is CC(C)(C)[C@@H]1CCc2c(sc(N=Cc3ccccc3OCc3ccccc3)c2C(=O)NCc2ccco2)C1. The van der Waals surface area contributed by atoms with Gasteiger partial charge in [-0.25, -0.2) is 4.99 Å². The van der Waals surface area contributed by atoms with Crippen LogP contribution in [0.3, 0.4) is 0 Å². The number of amides is 1. The lowest BCUT2D eigenvalue weighted by Crippen LogP contribution is -2.28. The van der Waals surface area contributed by atoms with Gasteiger partial charge >= 0.3 is 0 Å². The smallest absolute Gasteiger partial charge is 0.255 e. The fraction of sp³-hybridized carbons (Fsp3) is 0.312. The maximum absolute atomic E-state index is 13.5. The van der Waals surface area contributed by atoms with E-state index < -0.39 is 0 Å². The minimum atomic E-state index is -0.103. The van der Waals surface area contributed by atoms with E-state index in [0.717, 1.165) is 52.5 Å². The normalized spacial score (nSPS) is 15.4. The van der Waals surface area contributed by atoms with Gasteiger partial charge in [-0.2, -0.15) is 0 Å². The second-order valence-electron chi connectivity index (χ2n) is 10.8. The first-order valence-electron chi connectivity index (χ1n) is 13.1. The van der Waals surface area contributed by atoms with Gasteiger partial charge in [-0.1, -0.05) is 63.2 Å². The summed E-state index contributed by atoms with van der Waals surface area (Å²) in [6, 6.07) is 21.7. The molecule has 0 unspecified atom stereocenters. The van der Waals surface area contributed by atoms with E-state index in [0.29, 0.717) is 24.6 Å². The lowest BCUT2D eigenvalue weighted by Gasteiger charge is -2.33. The number of nitrogens with zero attached hydrogens (tertiary/aromatic N) is 1. The maximum Gasteiger partial charge on any atom is 0.255 e. The van der Waals surface area contributed by atoms with Gasteiger partial charge in [0.15, 0.2) is 0 Å². The van der Waals surface area contributed by atoms with Crippen molar-refractivity contribution in [1.29, 1.82) is 0 Å². The number of aliphatic imine (C=N–C) groups is 1. The number of hydrogen-bond acceptors (Lipinski definition) is 5. The first-order valence-corrected chi connectivity index (χ1v) is 13.9. The molecule has 1 aliphatic carbocycles. The minimum Gasteiger partial charge on any atom is -0.488 e. The number of benzene rings is 2. The van der Waals surface area contributed by atoms with Crippen LogP contribution in [0.25, 0.3) is 0 Å². The highest BCUT2D eigenvalue weighted by molar-refractivity contribution is 7.16. The highest BCUT2D eigenvalue weighted by atomic mass is 32.1. The molecule has 5 nitrogen and oxygen atoms in total. The second kappa shape index (κ2) is 11.4. The van der Waals surface area contributed by atoms with Crippen LogP contribution in [0.4, 0.5) is 5.00 Å². The van der Waals surface area contributed by atoms with Crippen LogP contribution in [0.15, 0.2) is 82.4 Å². The summed E-state index contributed by atoms with van der Waals surface area (Å²) in [6.07, 6.45) is 6.39. The summed E-state index contributed by atoms with van der Waals surface area (Å²) in [5.41, 5.74) is 4.05. The Morgan fingerprint density at radius 3 is 2.66 bits per heavy atom. The third kappa shape index (κ3) is 6.08. The molecule has 2 aromatic carbocycles. The molecule has 1 aliphatic rings. The fourth-order valence-electron chi connectivity index (χ4n) is 4.89. The van der Waals surface area contributed by atoms with Gasteiger partial charge in [0.2, 0.25) is 0 Å². The number of thiophene rings is 1. The number of para-hydroxylation sites is 1. The maximum atomic E-state index is 13.5. The van der Waals surface area contributed by atoms with E-state index in [-0.39, 0.29) is 11.3 Å². The van der Waals surface area contributed by atoms with Crippen LogP contribution < -0.4 is 10.1 Å². The highest BCUT2D eigenvalue weighted by Gasteiger charge is 2.33. The van der Waals surface area contributed by atoms with Crippen molar-refractivity contribution in [2.24, 2.45) is 16.3 Å². The van der Waals surface area contributed by atoms with Crippen LogP contribution in [0.5, 0.6) is 5.75 Å². The molecular formula is C32H34N2O3S. The first kappa shape index (κ1) is 26.0. The molecule has 0 fully saturated rings. The van der Waals surface area contributed by atoms with Gasteiger partial charge in [-0.05, 0) is 66.0 Å². The number of fused-ring (bicyclic) bond motifs is 1. The lowest BCUT2D eigenvalue weighted by molar-refractivity contribution is 0.0947. The summed E-state index contributed by atoms with van der Waals surface area (Å²) < 4.78 is 11.5. The molecule has 5 rings (SSSR count). The zero-order valence-corrected chi connectivity index (χ0v) is 23.0. The van der Waals surface area contributed by atoms with Gasteiger partial charge in [0.25, 0.3) is 5.91 Å². The number of carbonyl (C=O) groups excluding carboxylic acids is 1. The van der Waals surface area contributed by atoms with E-state index in [1.165, 1.54) is 4.88 Å². The molecule has 38 heavy (non-hydrogen) atoms. The Bertz CT molecular complexity index is 1400. The lowest BCUT2D eigenvalue weighted by atomic mass is 9.72. The standard InChI is InChI=1S/C32H34N2O3S/c1-32(2,3)24-15-16-26-28(18-24)38-31(29(26)30(35)33-20-25-13-9-17-36-25)34-19-23-12-7-8-14-27(23)37-21-22-10-5-4-6-11-22/h4-14,17,19,24H,15-16,18,20-21H2,1-3H3,(H,33,35)/t24-/m1/s1. The van der Waals surface area contributed by atoms with Crippen molar-refractivity contribution >= 4 is 28.5 Å². The van der Waals surface area contributed by atoms with Gasteiger partial charge in [-0.3, -0.25) is 4.79 Å². The molecule has 196 valence electrons. The molecule has 1 atom stereocenters. The summed E-state index contributed by atoms with van der Waals surface area (Å²) in [5.74, 6) is 1.97. The monoisotopic (exact) mass is 526 g/mol. The van der Waals surface area contributed by atoms with Crippen molar-refractivity contribution in [3.63, 3.8) is 0 Å². The van der Waals surface area contributed by atoms with E-state index >= 15 is 0 Å². The van der Waals surface area contributed by atoms with E-state index in [1.807, 2.05) is 72.9 Å². The van der Waals surface area contributed by atoms with Crippen LogP contribution in [-0.2, 0) is 26.0 Å². The number of rotatable bonds is 8. The number of carbonyl (C=O) groups is 1. The van der Waals surface area contributed by atoms with E-state index in [1.54, 1.807) is 17.6 Å². The number of ether oxygens (including phenoxy) is 1. The Balaban J connectivity index is 1.42. The predicted octanol–water partition coefficient (Wildman–Crippen LogP) is 7.75. The molecule has 0 aliphatic heterocycles. The number of nitrogens with one attached hydrogen (secondary N) is 1. The summed E-state index contributed by atoms with van der Waals surface area (Å²) in [4.78, 5) is 19.6. The van der Waals surface area contributed by atoms with Crippen molar-refractivity contribution < 1.29 is 13.9 Å². The zero-order valence-electron chi connectivity index (χ0n) is 22.2. The molecular weight excluding hydrogens is 492 g/mol. The van der Waals surface area contributed by atoms with Crippen LogP contribution in [0.1, 0.15) is 64.9 Å². The van der Waals surface area contributed by atoms with E-state index in [9.17, 15) is 4.79 Å². The van der Waals surface area contributed by atoms with Crippen molar-refractivity contribution in [2.45, 2.75) is 53.2 Å². The Labute approximate surface area is 228 Å². The Morgan fingerprint density at radius 1 is 1.11 bits per heavy atom. The molecule has 2 aromatic heterocycles. The largest absolute Gasteiger partial charge is 0.488 e. The van der Waals surface area contributed by atoms with Gasteiger partial charge < -0.3 is 14.5 Å². The molecule has 1 amide bonds. The minimum absolute atomic E-state index is 0.103. The third-order valence-corrected chi connectivity index (χ3v) is 8.34.